The van der Waals surface area contributed by atoms with Gasteiger partial charge in [-0.3, -0.25) is 15.0 Å². The van der Waals surface area contributed by atoms with E-state index >= 15 is 0 Å². The van der Waals surface area contributed by atoms with Gasteiger partial charge in [0.25, 0.3) is 21.5 Å². The van der Waals surface area contributed by atoms with Crippen LogP contribution in [0.5, 0.6) is 0 Å². The van der Waals surface area contributed by atoms with Crippen LogP contribution in [0.3, 0.4) is 0 Å². The van der Waals surface area contributed by atoms with E-state index < -0.39 is 15.9 Å². The summed E-state index contributed by atoms with van der Waals surface area (Å²) < 4.78 is 26.6. The number of hydrazine groups is 1. The fraction of sp³-hybridized carbons (Fsp3) is 0.333. The van der Waals surface area contributed by atoms with Gasteiger partial charge in [0.15, 0.2) is 0 Å². The van der Waals surface area contributed by atoms with Crippen LogP contribution in [0.15, 0.2) is 34.1 Å². The minimum atomic E-state index is -3.95. The molecule has 2 rings (SSSR count). The van der Waals surface area contributed by atoms with Gasteiger partial charge in [0.05, 0.1) is 4.90 Å². The summed E-state index contributed by atoms with van der Waals surface area (Å²) in [6.45, 7) is 8.90. The number of carbonyl (C=O) groups is 1. The molecule has 8 heteroatoms. The van der Waals surface area contributed by atoms with Crippen molar-refractivity contribution in [3.05, 3.63) is 62.6 Å². The summed E-state index contributed by atoms with van der Waals surface area (Å²) in [5, 5.41) is 0. The number of carbonyl (C=O) groups excluding carboxylic acids is 1. The van der Waals surface area contributed by atoms with Crippen molar-refractivity contribution in [3.8, 4) is 0 Å². The Kier molecular flexibility index (Phi) is 5.68. The molecule has 140 valence electrons. The molecule has 0 bridgehead atoms. The van der Waals surface area contributed by atoms with E-state index in [2.05, 4.69) is 10.3 Å². The van der Waals surface area contributed by atoms with Crippen LogP contribution < -0.4 is 15.8 Å². The van der Waals surface area contributed by atoms with Crippen molar-refractivity contribution in [3.63, 3.8) is 0 Å². The molecule has 1 amide bonds. The highest BCUT2D eigenvalue weighted by Gasteiger charge is 2.24. The number of amides is 1. The lowest BCUT2D eigenvalue weighted by molar-refractivity contribution is -0.122. The quantitative estimate of drug-likeness (QED) is 0.770. The van der Waals surface area contributed by atoms with Crippen LogP contribution in [0.25, 0.3) is 0 Å². The number of nitrogens with one attached hydrogen (secondary N) is 2. The summed E-state index contributed by atoms with van der Waals surface area (Å²) in [6.07, 6.45) is 1.46. The minimum Gasteiger partial charge on any atom is -0.306 e. The average Bonchev–Trinajstić information content (AvgIpc) is 2.58. The second-order valence-corrected chi connectivity index (χ2v) is 7.89. The van der Waals surface area contributed by atoms with E-state index in [0.717, 1.165) is 16.7 Å². The summed E-state index contributed by atoms with van der Waals surface area (Å²) >= 11 is 0. The van der Waals surface area contributed by atoms with Gasteiger partial charge in [-0.1, -0.05) is 6.07 Å². The van der Waals surface area contributed by atoms with Gasteiger partial charge in [0.1, 0.15) is 6.54 Å². The molecule has 2 N–H and O–H groups in total. The molecule has 0 spiro atoms. The van der Waals surface area contributed by atoms with Gasteiger partial charge in [-0.05, 0) is 68.5 Å². The summed E-state index contributed by atoms with van der Waals surface area (Å²) in [6, 6.07) is 4.50. The van der Waals surface area contributed by atoms with Gasteiger partial charge >= 0.3 is 0 Å². The molecule has 0 saturated carbocycles. The minimum absolute atomic E-state index is 0.162. The first-order valence-corrected chi connectivity index (χ1v) is 9.57. The molecule has 26 heavy (non-hydrogen) atoms. The van der Waals surface area contributed by atoms with Gasteiger partial charge in [-0.2, -0.15) is 0 Å². The fourth-order valence-electron chi connectivity index (χ4n) is 2.83. The second-order valence-electron chi connectivity index (χ2n) is 6.27. The maximum atomic E-state index is 12.7. The van der Waals surface area contributed by atoms with Crippen LogP contribution in [0, 0.1) is 34.6 Å². The average molecular weight is 377 g/mol. The van der Waals surface area contributed by atoms with E-state index in [9.17, 15) is 18.0 Å². The van der Waals surface area contributed by atoms with Crippen molar-refractivity contribution < 1.29 is 13.2 Å². The predicted molar refractivity (Wildman–Crippen MR) is 99.3 cm³/mol. The van der Waals surface area contributed by atoms with E-state index in [-0.39, 0.29) is 17.0 Å². The van der Waals surface area contributed by atoms with E-state index in [4.69, 9.17) is 0 Å². The molecule has 0 aliphatic heterocycles. The lowest BCUT2D eigenvalue weighted by atomic mass is 9.95. The predicted octanol–water partition coefficient (Wildman–Crippen LogP) is 1.40. The number of hydrogen-bond donors (Lipinski definition) is 2. The lowest BCUT2D eigenvalue weighted by Crippen LogP contribution is -2.44. The third-order valence-corrected chi connectivity index (χ3v) is 6.26. The Morgan fingerprint density at radius 3 is 2.04 bits per heavy atom. The highest BCUT2D eigenvalue weighted by atomic mass is 32.2. The smallest absolute Gasteiger partial charge is 0.257 e. The maximum Gasteiger partial charge on any atom is 0.257 e. The largest absolute Gasteiger partial charge is 0.306 e. The molecule has 0 atom stereocenters. The number of nitrogens with zero attached hydrogens (tertiary/aromatic N) is 1. The molecule has 0 aliphatic rings. The van der Waals surface area contributed by atoms with Crippen molar-refractivity contribution in [2.75, 3.05) is 0 Å². The normalized spacial score (nSPS) is 11.4. The van der Waals surface area contributed by atoms with Gasteiger partial charge in [-0.15, -0.1) is 4.83 Å². The van der Waals surface area contributed by atoms with Crippen molar-refractivity contribution in [2.24, 2.45) is 0 Å². The van der Waals surface area contributed by atoms with E-state index in [0.29, 0.717) is 11.1 Å². The number of sulfonamides is 1. The fourth-order valence-corrected chi connectivity index (χ4v) is 4.29. The molecular weight excluding hydrogens is 354 g/mol. The molecule has 1 heterocycles. The maximum absolute atomic E-state index is 12.7. The molecule has 0 aliphatic carbocycles. The van der Waals surface area contributed by atoms with Crippen molar-refractivity contribution in [2.45, 2.75) is 46.1 Å². The van der Waals surface area contributed by atoms with Gasteiger partial charge in [-0.25, -0.2) is 8.42 Å². The molecule has 0 radical (unpaired) electrons. The van der Waals surface area contributed by atoms with Gasteiger partial charge in [0, 0.05) is 12.3 Å². The molecule has 1 aromatic heterocycles. The number of hydrogen-bond acceptors (Lipinski definition) is 4. The number of benzene rings is 1. The highest BCUT2D eigenvalue weighted by Crippen LogP contribution is 2.29. The zero-order valence-corrected chi connectivity index (χ0v) is 16.3. The Balaban J connectivity index is 2.24. The third-order valence-electron chi connectivity index (χ3n) is 4.74. The SMILES string of the molecule is Cc1c(C)c(C)c(S(=O)(=O)NNC(=O)Cn2ccccc2=O)c(C)c1C. The Labute approximate surface area is 153 Å². The van der Waals surface area contributed by atoms with Crippen LogP contribution >= 0.6 is 0 Å². The monoisotopic (exact) mass is 377 g/mol. The Hall–Kier alpha value is -2.45. The van der Waals surface area contributed by atoms with E-state index in [1.54, 1.807) is 26.0 Å². The summed E-state index contributed by atoms with van der Waals surface area (Å²) in [7, 11) is -3.95. The van der Waals surface area contributed by atoms with E-state index in [1.807, 2.05) is 20.8 Å². The van der Waals surface area contributed by atoms with Crippen LogP contribution in [-0.2, 0) is 21.4 Å². The molecule has 0 fully saturated rings. The summed E-state index contributed by atoms with van der Waals surface area (Å²) in [5.41, 5.74) is 5.96. The summed E-state index contributed by atoms with van der Waals surface area (Å²) in [5.74, 6) is -0.641. The number of aromatic nitrogens is 1. The first kappa shape index (κ1) is 19.9. The van der Waals surface area contributed by atoms with Crippen LogP contribution in [0.2, 0.25) is 0 Å². The molecular formula is C18H23N3O4S. The van der Waals surface area contributed by atoms with E-state index in [1.165, 1.54) is 16.8 Å². The Morgan fingerprint density at radius 1 is 0.962 bits per heavy atom. The summed E-state index contributed by atoms with van der Waals surface area (Å²) in [4.78, 5) is 25.9. The van der Waals surface area contributed by atoms with Crippen LogP contribution in [0.1, 0.15) is 27.8 Å². The Bertz CT molecular complexity index is 994. The topological polar surface area (TPSA) is 97.3 Å². The zero-order chi connectivity index (χ0) is 19.6. The molecule has 1 aromatic carbocycles. The van der Waals surface area contributed by atoms with Crippen LogP contribution in [0.4, 0.5) is 0 Å². The van der Waals surface area contributed by atoms with Crippen molar-refractivity contribution in [1.82, 2.24) is 14.8 Å². The number of pyridine rings is 1. The molecule has 0 saturated heterocycles. The molecule has 7 nitrogen and oxygen atoms in total. The van der Waals surface area contributed by atoms with Crippen molar-refractivity contribution in [1.29, 1.82) is 0 Å². The molecule has 0 unspecified atom stereocenters. The third kappa shape index (κ3) is 3.86. The lowest BCUT2D eigenvalue weighted by Gasteiger charge is -2.19. The standard InChI is InChI=1S/C18H23N3O4S/c1-11-12(2)14(4)18(15(5)13(11)3)26(24,25)20-19-16(22)10-21-9-7-6-8-17(21)23/h6-9,20H,10H2,1-5H3,(H,19,22). The van der Waals surface area contributed by atoms with Crippen LogP contribution in [-0.4, -0.2) is 18.9 Å². The van der Waals surface area contributed by atoms with Gasteiger partial charge < -0.3 is 4.57 Å². The first-order chi connectivity index (χ1) is 12.1. The second kappa shape index (κ2) is 7.43. The Morgan fingerprint density at radius 2 is 1.50 bits per heavy atom. The van der Waals surface area contributed by atoms with Crippen molar-refractivity contribution >= 4 is 15.9 Å². The van der Waals surface area contributed by atoms with Gasteiger partial charge in [0.2, 0.25) is 0 Å². The highest BCUT2D eigenvalue weighted by molar-refractivity contribution is 7.89. The number of rotatable bonds is 5. The molecule has 2 aromatic rings. The first-order valence-electron chi connectivity index (χ1n) is 8.09. The zero-order valence-electron chi connectivity index (χ0n) is 15.5.